The zero-order valence-corrected chi connectivity index (χ0v) is 12.6. The molecule has 0 fully saturated rings. The van der Waals surface area contributed by atoms with E-state index < -0.39 is 5.60 Å². The van der Waals surface area contributed by atoms with Crippen molar-refractivity contribution in [3.8, 4) is 0 Å². The molecule has 2 nitrogen and oxygen atoms in total. The lowest BCUT2D eigenvalue weighted by Gasteiger charge is -2.25. The van der Waals surface area contributed by atoms with E-state index in [0.717, 1.165) is 11.1 Å². The van der Waals surface area contributed by atoms with Gasteiger partial charge >= 0.3 is 0 Å². The van der Waals surface area contributed by atoms with Crippen LogP contribution in [-0.4, -0.2) is 15.0 Å². The Kier molecular flexibility index (Phi) is 4.62. The lowest BCUT2D eigenvalue weighted by atomic mass is 9.92. The summed E-state index contributed by atoms with van der Waals surface area (Å²) >= 11 is 1.28. The van der Waals surface area contributed by atoms with Crippen molar-refractivity contribution in [3.63, 3.8) is 0 Å². The summed E-state index contributed by atoms with van der Waals surface area (Å²) in [5.41, 5.74) is 0.837. The molecule has 0 amide bonds. The molecular weight excluding hydrogens is 244 g/mol. The van der Waals surface area contributed by atoms with Gasteiger partial charge in [-0.25, -0.2) is 0 Å². The van der Waals surface area contributed by atoms with Gasteiger partial charge in [0, 0.05) is 11.2 Å². The monoisotopic (exact) mass is 266 g/mol. The summed E-state index contributed by atoms with van der Waals surface area (Å²) in [6, 6.07) is 7.66. The molecule has 1 aromatic carbocycles. The molecular formula is C15H22O2S. The van der Waals surface area contributed by atoms with Crippen LogP contribution < -0.4 is 0 Å². The number of carbonyl (C=O) groups excluding carboxylic acids is 1. The number of rotatable bonds is 3. The molecule has 0 radical (unpaired) electrons. The maximum Gasteiger partial charge on any atom is 0.192 e. The maximum absolute atomic E-state index is 11.9. The molecule has 0 heterocycles. The van der Waals surface area contributed by atoms with Crippen molar-refractivity contribution < 1.29 is 9.90 Å². The normalized spacial score (nSPS) is 15.2. The van der Waals surface area contributed by atoms with E-state index in [9.17, 15) is 9.90 Å². The van der Waals surface area contributed by atoms with E-state index in [2.05, 4.69) is 0 Å². The van der Waals surface area contributed by atoms with E-state index in [4.69, 9.17) is 0 Å². The molecule has 0 aromatic heterocycles. The molecule has 0 aliphatic heterocycles. The van der Waals surface area contributed by atoms with E-state index in [0.29, 0.717) is 0 Å². The van der Waals surface area contributed by atoms with E-state index in [-0.39, 0.29) is 16.3 Å². The van der Waals surface area contributed by atoms with E-state index >= 15 is 0 Å². The summed E-state index contributed by atoms with van der Waals surface area (Å²) in [7, 11) is 0. The maximum atomic E-state index is 11.9. The largest absolute Gasteiger partial charge is 0.385 e. The second-order valence-electron chi connectivity index (χ2n) is 5.90. The standard InChI is InChI=1S/C15H22O2S/c1-11-6-8-12(9-7-11)15(5,17)10-13(16)18-14(2,3)4/h6-9,17H,10H2,1-5H3/t15-/m1/s1. The van der Waals surface area contributed by atoms with Crippen molar-refractivity contribution in [1.29, 1.82) is 0 Å². The second kappa shape index (κ2) is 5.45. The minimum absolute atomic E-state index is 0.0214. The van der Waals surface area contributed by atoms with Gasteiger partial charge in [0.05, 0.1) is 5.60 Å². The number of carbonyl (C=O) groups is 1. The van der Waals surface area contributed by atoms with Crippen molar-refractivity contribution in [1.82, 2.24) is 0 Å². The summed E-state index contributed by atoms with van der Waals surface area (Å²) in [6.45, 7) is 9.68. The highest BCUT2D eigenvalue weighted by Crippen LogP contribution is 2.31. The van der Waals surface area contributed by atoms with Gasteiger partial charge in [0.1, 0.15) is 0 Å². The molecule has 0 saturated heterocycles. The van der Waals surface area contributed by atoms with Crippen LogP contribution in [-0.2, 0) is 10.4 Å². The molecule has 0 unspecified atom stereocenters. The number of hydrogen-bond donors (Lipinski definition) is 1. The first-order valence-corrected chi connectivity index (χ1v) is 6.93. The number of aliphatic hydroxyl groups is 1. The highest BCUT2D eigenvalue weighted by molar-refractivity contribution is 8.14. The smallest absolute Gasteiger partial charge is 0.192 e. The Morgan fingerprint density at radius 2 is 1.67 bits per heavy atom. The minimum atomic E-state index is -1.09. The van der Waals surface area contributed by atoms with Crippen molar-refractivity contribution in [2.24, 2.45) is 0 Å². The van der Waals surface area contributed by atoms with Gasteiger partial charge in [-0.1, -0.05) is 62.4 Å². The summed E-state index contributed by atoms with van der Waals surface area (Å²) in [5.74, 6) is 0. The van der Waals surface area contributed by atoms with Crippen molar-refractivity contribution in [3.05, 3.63) is 35.4 Å². The summed E-state index contributed by atoms with van der Waals surface area (Å²) in [4.78, 5) is 11.9. The molecule has 1 aromatic rings. The van der Waals surface area contributed by atoms with Crippen LogP contribution in [0.15, 0.2) is 24.3 Å². The quantitative estimate of drug-likeness (QED) is 0.907. The summed E-state index contributed by atoms with van der Waals surface area (Å²) < 4.78 is -0.111. The third-order valence-electron chi connectivity index (χ3n) is 2.58. The van der Waals surface area contributed by atoms with Crippen molar-refractivity contribution in [2.45, 2.75) is 51.4 Å². The number of benzene rings is 1. The lowest BCUT2D eigenvalue weighted by molar-refractivity contribution is -0.115. The number of hydrogen-bond acceptors (Lipinski definition) is 3. The van der Waals surface area contributed by atoms with Crippen LogP contribution in [0.25, 0.3) is 0 Å². The Balaban J connectivity index is 2.75. The van der Waals surface area contributed by atoms with E-state index in [1.165, 1.54) is 11.8 Å². The Labute approximate surface area is 114 Å². The topological polar surface area (TPSA) is 37.3 Å². The van der Waals surface area contributed by atoms with E-state index in [1.54, 1.807) is 6.92 Å². The van der Waals surface area contributed by atoms with Crippen LogP contribution in [0.5, 0.6) is 0 Å². The SMILES string of the molecule is Cc1ccc([C@](C)(O)CC(=O)SC(C)(C)C)cc1. The van der Waals surface area contributed by atoms with Crippen LogP contribution in [0.2, 0.25) is 0 Å². The van der Waals surface area contributed by atoms with Gasteiger partial charge in [-0.15, -0.1) is 0 Å². The lowest BCUT2D eigenvalue weighted by Crippen LogP contribution is -2.25. The molecule has 18 heavy (non-hydrogen) atoms. The summed E-state index contributed by atoms with van der Waals surface area (Å²) in [6.07, 6.45) is 0.137. The van der Waals surface area contributed by atoms with Crippen LogP contribution in [0.3, 0.4) is 0 Å². The average Bonchev–Trinajstić information content (AvgIpc) is 2.13. The van der Waals surface area contributed by atoms with Crippen LogP contribution in [0.1, 0.15) is 45.2 Å². The van der Waals surface area contributed by atoms with Crippen LogP contribution in [0, 0.1) is 6.92 Å². The molecule has 1 atom stereocenters. The van der Waals surface area contributed by atoms with Gasteiger partial charge in [-0.2, -0.15) is 0 Å². The molecule has 100 valence electrons. The first kappa shape index (κ1) is 15.3. The number of aryl methyl sites for hydroxylation is 1. The highest BCUT2D eigenvalue weighted by atomic mass is 32.2. The molecule has 0 bridgehead atoms. The minimum Gasteiger partial charge on any atom is -0.385 e. The molecule has 0 aliphatic carbocycles. The Hall–Kier alpha value is -0.800. The van der Waals surface area contributed by atoms with Gasteiger partial charge in [0.15, 0.2) is 5.12 Å². The fourth-order valence-electron chi connectivity index (χ4n) is 1.67. The molecule has 3 heteroatoms. The van der Waals surface area contributed by atoms with Gasteiger partial charge < -0.3 is 5.11 Å². The molecule has 0 saturated carbocycles. The predicted octanol–water partition coefficient (Wildman–Crippen LogP) is 3.65. The predicted molar refractivity (Wildman–Crippen MR) is 77.7 cm³/mol. The van der Waals surface area contributed by atoms with Crippen molar-refractivity contribution in [2.75, 3.05) is 0 Å². The van der Waals surface area contributed by atoms with Gasteiger partial charge in [-0.3, -0.25) is 4.79 Å². The first-order chi connectivity index (χ1) is 8.10. The first-order valence-electron chi connectivity index (χ1n) is 6.11. The average molecular weight is 266 g/mol. The zero-order valence-electron chi connectivity index (χ0n) is 11.8. The molecule has 0 aliphatic rings. The number of thioether (sulfide) groups is 1. The highest BCUT2D eigenvalue weighted by Gasteiger charge is 2.28. The molecule has 1 rings (SSSR count). The Bertz CT molecular complexity index is 413. The van der Waals surface area contributed by atoms with Gasteiger partial charge in [-0.05, 0) is 19.4 Å². The summed E-state index contributed by atoms with van der Waals surface area (Å²) in [5, 5.41) is 10.4. The van der Waals surface area contributed by atoms with Crippen LogP contribution >= 0.6 is 11.8 Å². The molecule has 1 N–H and O–H groups in total. The third-order valence-corrected chi connectivity index (χ3v) is 3.57. The van der Waals surface area contributed by atoms with E-state index in [1.807, 2.05) is 52.0 Å². The third kappa shape index (κ3) is 4.83. The fraction of sp³-hybridized carbons (Fsp3) is 0.533. The van der Waals surface area contributed by atoms with Gasteiger partial charge in [0.2, 0.25) is 0 Å². The van der Waals surface area contributed by atoms with Crippen LogP contribution in [0.4, 0.5) is 0 Å². The molecule has 0 spiro atoms. The van der Waals surface area contributed by atoms with Gasteiger partial charge in [0.25, 0.3) is 0 Å². The zero-order chi connectivity index (χ0) is 14.0. The Morgan fingerprint density at radius 1 is 1.17 bits per heavy atom. The fourth-order valence-corrected chi connectivity index (χ4v) is 2.71. The second-order valence-corrected chi connectivity index (χ2v) is 7.79. The Morgan fingerprint density at radius 3 is 2.11 bits per heavy atom. The van der Waals surface area contributed by atoms with Crippen molar-refractivity contribution >= 4 is 16.9 Å².